The molecule has 0 unspecified atom stereocenters. The number of rotatable bonds is 6. The van der Waals surface area contributed by atoms with E-state index in [4.69, 9.17) is 9.47 Å². The molecular formula is C19H18FNO4. The summed E-state index contributed by atoms with van der Waals surface area (Å²) in [5, 5.41) is 2.35. The molecule has 0 fully saturated rings. The third-order valence-corrected chi connectivity index (χ3v) is 3.25. The number of amides is 1. The van der Waals surface area contributed by atoms with Gasteiger partial charge in [0.05, 0.1) is 12.8 Å². The lowest BCUT2D eigenvalue weighted by molar-refractivity contribution is -0.142. The van der Waals surface area contributed by atoms with Crippen LogP contribution < -0.4 is 10.1 Å². The van der Waals surface area contributed by atoms with Gasteiger partial charge >= 0.3 is 5.97 Å². The maximum absolute atomic E-state index is 13.6. The van der Waals surface area contributed by atoms with Crippen molar-refractivity contribution >= 4 is 23.6 Å². The molecule has 6 heteroatoms. The molecule has 0 aliphatic heterocycles. The fraction of sp³-hybridized carbons (Fsp3) is 0.158. The summed E-state index contributed by atoms with van der Waals surface area (Å²) in [4.78, 5) is 23.4. The van der Waals surface area contributed by atoms with Gasteiger partial charge in [-0.25, -0.2) is 9.18 Å². The van der Waals surface area contributed by atoms with E-state index in [0.717, 1.165) is 11.1 Å². The van der Waals surface area contributed by atoms with Crippen LogP contribution in [0.2, 0.25) is 0 Å². The molecule has 0 aromatic heterocycles. The Morgan fingerprint density at radius 1 is 1.20 bits per heavy atom. The predicted molar refractivity (Wildman–Crippen MR) is 92.8 cm³/mol. The van der Waals surface area contributed by atoms with Crippen molar-refractivity contribution in [3.63, 3.8) is 0 Å². The van der Waals surface area contributed by atoms with Crippen molar-refractivity contribution in [3.05, 3.63) is 65.5 Å². The predicted octanol–water partition coefficient (Wildman–Crippen LogP) is 3.34. The van der Waals surface area contributed by atoms with Gasteiger partial charge in [0.25, 0.3) is 5.91 Å². The van der Waals surface area contributed by atoms with E-state index in [2.05, 4.69) is 5.32 Å². The topological polar surface area (TPSA) is 64.6 Å². The van der Waals surface area contributed by atoms with E-state index in [0.29, 0.717) is 5.75 Å². The molecule has 2 aromatic rings. The van der Waals surface area contributed by atoms with Gasteiger partial charge in [-0.05, 0) is 48.4 Å². The average Bonchev–Trinajstić information content (AvgIpc) is 2.60. The van der Waals surface area contributed by atoms with Crippen LogP contribution in [0, 0.1) is 12.7 Å². The largest absolute Gasteiger partial charge is 0.497 e. The molecule has 1 N–H and O–H groups in total. The Labute approximate surface area is 145 Å². The van der Waals surface area contributed by atoms with Crippen LogP contribution in [-0.4, -0.2) is 25.6 Å². The average molecular weight is 343 g/mol. The molecule has 5 nitrogen and oxygen atoms in total. The van der Waals surface area contributed by atoms with Crippen LogP contribution in [0.3, 0.4) is 0 Å². The van der Waals surface area contributed by atoms with Gasteiger partial charge in [0.1, 0.15) is 11.6 Å². The van der Waals surface area contributed by atoms with E-state index in [1.54, 1.807) is 50.4 Å². The van der Waals surface area contributed by atoms with Crippen molar-refractivity contribution < 1.29 is 23.5 Å². The van der Waals surface area contributed by atoms with Gasteiger partial charge in [0, 0.05) is 6.08 Å². The number of aryl methyl sites for hydroxylation is 1. The first-order chi connectivity index (χ1) is 12.0. The van der Waals surface area contributed by atoms with Gasteiger partial charge in [-0.1, -0.05) is 18.2 Å². The second-order valence-corrected chi connectivity index (χ2v) is 5.25. The fourth-order valence-electron chi connectivity index (χ4n) is 2.00. The Morgan fingerprint density at radius 3 is 2.72 bits per heavy atom. The normalized spacial score (nSPS) is 10.5. The molecule has 0 radical (unpaired) electrons. The first kappa shape index (κ1) is 18.2. The highest BCUT2D eigenvalue weighted by atomic mass is 19.1. The minimum absolute atomic E-state index is 0.0403. The monoisotopic (exact) mass is 343 g/mol. The molecule has 0 saturated heterocycles. The van der Waals surface area contributed by atoms with Crippen LogP contribution in [0.1, 0.15) is 11.1 Å². The minimum atomic E-state index is -0.678. The standard InChI is InChI=1S/C19H18FNO4/c1-13-6-8-17(16(20)10-13)21-18(22)12-25-19(23)9-7-14-4-3-5-15(11-14)24-2/h3-11H,12H2,1-2H3,(H,21,22)/b9-7+. The SMILES string of the molecule is COc1cccc(/C=C/C(=O)OCC(=O)Nc2ccc(C)cc2F)c1. The lowest BCUT2D eigenvalue weighted by atomic mass is 10.2. The van der Waals surface area contributed by atoms with E-state index in [9.17, 15) is 14.0 Å². The zero-order valence-electron chi connectivity index (χ0n) is 13.9. The minimum Gasteiger partial charge on any atom is -0.497 e. The number of halogens is 1. The smallest absolute Gasteiger partial charge is 0.331 e. The number of methoxy groups -OCH3 is 1. The number of carbonyl (C=O) groups excluding carboxylic acids is 2. The van der Waals surface area contributed by atoms with Crippen LogP contribution >= 0.6 is 0 Å². The number of nitrogens with one attached hydrogen (secondary N) is 1. The molecule has 0 bridgehead atoms. The summed E-state index contributed by atoms with van der Waals surface area (Å²) in [5.74, 6) is -1.18. The van der Waals surface area contributed by atoms with Crippen LogP contribution in [0.25, 0.3) is 6.08 Å². The van der Waals surface area contributed by atoms with Crippen LogP contribution in [0.15, 0.2) is 48.5 Å². The summed E-state index contributed by atoms with van der Waals surface area (Å²) in [6, 6.07) is 11.5. The van der Waals surface area contributed by atoms with E-state index in [1.807, 2.05) is 0 Å². The number of esters is 1. The maximum atomic E-state index is 13.6. The number of hydrogen-bond donors (Lipinski definition) is 1. The highest BCUT2D eigenvalue weighted by Gasteiger charge is 2.09. The molecule has 1 amide bonds. The highest BCUT2D eigenvalue weighted by molar-refractivity contribution is 5.94. The zero-order valence-corrected chi connectivity index (χ0v) is 13.9. The summed E-state index contributed by atoms with van der Waals surface area (Å²) >= 11 is 0. The lowest BCUT2D eigenvalue weighted by Crippen LogP contribution is -2.20. The summed E-state index contributed by atoms with van der Waals surface area (Å²) in [7, 11) is 1.55. The molecule has 2 aromatic carbocycles. The second kappa shape index (κ2) is 8.63. The molecule has 0 atom stereocenters. The lowest BCUT2D eigenvalue weighted by Gasteiger charge is -2.07. The van der Waals surface area contributed by atoms with E-state index in [-0.39, 0.29) is 5.69 Å². The number of ether oxygens (including phenoxy) is 2. The van der Waals surface area contributed by atoms with E-state index in [1.165, 1.54) is 18.2 Å². The van der Waals surface area contributed by atoms with E-state index >= 15 is 0 Å². The molecule has 0 aliphatic rings. The summed E-state index contributed by atoms with van der Waals surface area (Å²) in [6.07, 6.45) is 2.75. The number of benzene rings is 2. The number of carbonyl (C=O) groups is 2. The molecule has 130 valence electrons. The van der Waals surface area contributed by atoms with Crippen LogP contribution in [0.5, 0.6) is 5.75 Å². The van der Waals surface area contributed by atoms with Crippen LogP contribution in [-0.2, 0) is 14.3 Å². The highest BCUT2D eigenvalue weighted by Crippen LogP contribution is 2.15. The third kappa shape index (κ3) is 5.76. The Hall–Kier alpha value is -3.15. The quantitative estimate of drug-likeness (QED) is 0.645. The summed E-state index contributed by atoms with van der Waals surface area (Å²) in [5.41, 5.74) is 1.53. The Morgan fingerprint density at radius 2 is 2.00 bits per heavy atom. The van der Waals surface area contributed by atoms with Crippen molar-refractivity contribution in [1.82, 2.24) is 0 Å². The molecule has 0 saturated carbocycles. The first-order valence-electron chi connectivity index (χ1n) is 7.53. The third-order valence-electron chi connectivity index (χ3n) is 3.25. The van der Waals surface area contributed by atoms with Gasteiger partial charge in [0.2, 0.25) is 0 Å². The number of hydrogen-bond acceptors (Lipinski definition) is 4. The van der Waals surface area contributed by atoms with E-state index < -0.39 is 24.3 Å². The molecular weight excluding hydrogens is 325 g/mol. The Kier molecular flexibility index (Phi) is 6.28. The van der Waals surface area contributed by atoms with Crippen molar-refractivity contribution in [2.75, 3.05) is 19.0 Å². The maximum Gasteiger partial charge on any atom is 0.331 e. The van der Waals surface area contributed by atoms with Gasteiger partial charge in [-0.2, -0.15) is 0 Å². The van der Waals surface area contributed by atoms with Crippen molar-refractivity contribution in [2.24, 2.45) is 0 Å². The second-order valence-electron chi connectivity index (χ2n) is 5.25. The summed E-state index contributed by atoms with van der Waals surface area (Å²) < 4.78 is 23.5. The van der Waals surface area contributed by atoms with Gasteiger partial charge < -0.3 is 14.8 Å². The molecule has 2 rings (SSSR count). The molecule has 0 spiro atoms. The first-order valence-corrected chi connectivity index (χ1v) is 7.53. The van der Waals surface area contributed by atoms with Gasteiger partial charge in [-0.15, -0.1) is 0 Å². The molecule has 0 heterocycles. The van der Waals surface area contributed by atoms with Crippen LogP contribution in [0.4, 0.5) is 10.1 Å². The van der Waals surface area contributed by atoms with Crippen molar-refractivity contribution in [3.8, 4) is 5.75 Å². The Balaban J connectivity index is 1.84. The molecule has 25 heavy (non-hydrogen) atoms. The molecule has 0 aliphatic carbocycles. The Bertz CT molecular complexity index is 802. The van der Waals surface area contributed by atoms with Crippen molar-refractivity contribution in [2.45, 2.75) is 6.92 Å². The number of anilines is 1. The fourth-order valence-corrected chi connectivity index (χ4v) is 2.00. The van der Waals surface area contributed by atoms with Gasteiger partial charge in [0.15, 0.2) is 6.61 Å². The van der Waals surface area contributed by atoms with Gasteiger partial charge in [-0.3, -0.25) is 4.79 Å². The van der Waals surface area contributed by atoms with Crippen molar-refractivity contribution in [1.29, 1.82) is 0 Å². The zero-order chi connectivity index (χ0) is 18.2. The summed E-state index contributed by atoms with van der Waals surface area (Å²) in [6.45, 7) is 1.24.